The van der Waals surface area contributed by atoms with Crippen LogP contribution < -0.4 is 20.9 Å². The molecule has 0 radical (unpaired) electrons. The molecule has 0 aliphatic carbocycles. The molecule has 4 N–H and O–H groups in total. The summed E-state index contributed by atoms with van der Waals surface area (Å²) in [6.07, 6.45) is 0.912. The van der Waals surface area contributed by atoms with Gasteiger partial charge in [0.25, 0.3) is 0 Å². The van der Waals surface area contributed by atoms with E-state index in [-0.39, 0.29) is 12.0 Å². The van der Waals surface area contributed by atoms with Gasteiger partial charge < -0.3 is 20.9 Å². The maximum absolute atomic E-state index is 6.14. The van der Waals surface area contributed by atoms with E-state index in [2.05, 4.69) is 0 Å². The number of benzene rings is 1. The molecule has 1 aliphatic rings. The van der Waals surface area contributed by atoms with Crippen LogP contribution in [0.5, 0.6) is 11.5 Å². The first-order valence-electron chi connectivity index (χ1n) is 6.07. The second kappa shape index (κ2) is 5.38. The SMILES string of the molecule is CC(CN)C(N)c1ccc2c(c1)OCCCO2. The number of rotatable bonds is 3. The minimum absolute atomic E-state index is 0.0582. The van der Waals surface area contributed by atoms with Gasteiger partial charge in [0, 0.05) is 12.5 Å². The van der Waals surface area contributed by atoms with Gasteiger partial charge in [0.15, 0.2) is 11.5 Å². The molecule has 0 saturated heterocycles. The van der Waals surface area contributed by atoms with E-state index in [9.17, 15) is 0 Å². The zero-order valence-electron chi connectivity index (χ0n) is 10.2. The van der Waals surface area contributed by atoms with E-state index in [0.717, 1.165) is 23.5 Å². The number of nitrogens with two attached hydrogens (primary N) is 2. The fourth-order valence-electron chi connectivity index (χ4n) is 1.86. The highest BCUT2D eigenvalue weighted by Gasteiger charge is 2.17. The molecule has 2 atom stereocenters. The quantitative estimate of drug-likeness (QED) is 0.833. The molecule has 4 nitrogen and oxygen atoms in total. The van der Waals surface area contributed by atoms with Gasteiger partial charge in [-0.15, -0.1) is 0 Å². The molecule has 1 aromatic rings. The van der Waals surface area contributed by atoms with Crippen LogP contribution in [-0.4, -0.2) is 19.8 Å². The summed E-state index contributed by atoms with van der Waals surface area (Å²) in [5, 5.41) is 0. The molecule has 0 saturated carbocycles. The maximum Gasteiger partial charge on any atom is 0.161 e. The predicted molar refractivity (Wildman–Crippen MR) is 67.2 cm³/mol. The standard InChI is InChI=1S/C13H20N2O2/c1-9(8-14)13(15)10-3-4-11-12(7-10)17-6-2-5-16-11/h3-4,7,9,13H,2,5-6,8,14-15H2,1H3. The molecule has 4 heteroatoms. The predicted octanol–water partition coefficient (Wildman–Crippen LogP) is 1.44. The highest BCUT2D eigenvalue weighted by atomic mass is 16.5. The lowest BCUT2D eigenvalue weighted by molar-refractivity contribution is 0.297. The van der Waals surface area contributed by atoms with Crippen molar-refractivity contribution in [1.82, 2.24) is 0 Å². The molecule has 0 spiro atoms. The summed E-state index contributed by atoms with van der Waals surface area (Å²) in [7, 11) is 0. The van der Waals surface area contributed by atoms with Crippen LogP contribution in [-0.2, 0) is 0 Å². The summed E-state index contributed by atoms with van der Waals surface area (Å²) in [5.41, 5.74) is 12.8. The Morgan fingerprint density at radius 3 is 2.65 bits per heavy atom. The molecule has 2 rings (SSSR count). The summed E-state index contributed by atoms with van der Waals surface area (Å²) < 4.78 is 11.2. The van der Waals surface area contributed by atoms with Crippen LogP contribution in [0, 0.1) is 5.92 Å². The molecule has 0 aromatic heterocycles. The molecule has 0 fully saturated rings. The normalized spacial score (nSPS) is 18.3. The molecule has 1 aliphatic heterocycles. The van der Waals surface area contributed by atoms with E-state index in [1.807, 2.05) is 25.1 Å². The summed E-state index contributed by atoms with van der Waals surface area (Å²) in [5.74, 6) is 1.85. The third kappa shape index (κ3) is 2.70. The topological polar surface area (TPSA) is 70.5 Å². The van der Waals surface area contributed by atoms with E-state index in [1.54, 1.807) is 0 Å². The van der Waals surface area contributed by atoms with E-state index < -0.39 is 0 Å². The van der Waals surface area contributed by atoms with Crippen LogP contribution in [0.3, 0.4) is 0 Å². The largest absolute Gasteiger partial charge is 0.490 e. The third-order valence-corrected chi connectivity index (χ3v) is 3.14. The highest BCUT2D eigenvalue weighted by molar-refractivity contribution is 5.44. The Morgan fingerprint density at radius 1 is 1.24 bits per heavy atom. The van der Waals surface area contributed by atoms with E-state index in [1.165, 1.54) is 0 Å². The Labute approximate surface area is 102 Å². The van der Waals surface area contributed by atoms with Gasteiger partial charge in [0.1, 0.15) is 0 Å². The van der Waals surface area contributed by atoms with Crippen molar-refractivity contribution in [2.75, 3.05) is 19.8 Å². The zero-order chi connectivity index (χ0) is 12.3. The lowest BCUT2D eigenvalue weighted by Crippen LogP contribution is -2.25. The second-order valence-corrected chi connectivity index (χ2v) is 4.50. The average Bonchev–Trinajstić information content (AvgIpc) is 2.61. The minimum Gasteiger partial charge on any atom is -0.490 e. The Balaban J connectivity index is 2.23. The van der Waals surface area contributed by atoms with Gasteiger partial charge in [-0.2, -0.15) is 0 Å². The van der Waals surface area contributed by atoms with E-state index in [4.69, 9.17) is 20.9 Å². The molecule has 17 heavy (non-hydrogen) atoms. The van der Waals surface area contributed by atoms with E-state index >= 15 is 0 Å². The lowest BCUT2D eigenvalue weighted by atomic mass is 9.95. The third-order valence-electron chi connectivity index (χ3n) is 3.14. The van der Waals surface area contributed by atoms with Crippen LogP contribution in [0.25, 0.3) is 0 Å². The second-order valence-electron chi connectivity index (χ2n) is 4.50. The van der Waals surface area contributed by atoms with Gasteiger partial charge >= 0.3 is 0 Å². The van der Waals surface area contributed by atoms with Gasteiger partial charge in [-0.3, -0.25) is 0 Å². The molecule has 0 bridgehead atoms. The Hall–Kier alpha value is -1.26. The van der Waals surface area contributed by atoms with Crippen molar-refractivity contribution in [3.05, 3.63) is 23.8 Å². The Morgan fingerprint density at radius 2 is 1.94 bits per heavy atom. The lowest BCUT2D eigenvalue weighted by Gasteiger charge is -2.19. The first kappa shape index (κ1) is 12.2. The number of hydrogen-bond acceptors (Lipinski definition) is 4. The Bertz CT molecular complexity index is 382. The van der Waals surface area contributed by atoms with Crippen molar-refractivity contribution < 1.29 is 9.47 Å². The molecular weight excluding hydrogens is 216 g/mol. The number of ether oxygens (including phenoxy) is 2. The van der Waals surface area contributed by atoms with Gasteiger partial charge in [0.05, 0.1) is 13.2 Å². The van der Waals surface area contributed by atoms with Crippen molar-refractivity contribution >= 4 is 0 Å². The first-order chi connectivity index (χ1) is 8.22. The van der Waals surface area contributed by atoms with Crippen LogP contribution >= 0.6 is 0 Å². The van der Waals surface area contributed by atoms with Gasteiger partial charge in [-0.1, -0.05) is 13.0 Å². The summed E-state index contributed by atoms with van der Waals surface area (Å²) in [6, 6.07) is 5.83. The minimum atomic E-state index is -0.0582. The molecule has 2 unspecified atom stereocenters. The van der Waals surface area contributed by atoms with Crippen LogP contribution in [0.1, 0.15) is 24.9 Å². The monoisotopic (exact) mass is 236 g/mol. The van der Waals surface area contributed by atoms with Crippen LogP contribution in [0.15, 0.2) is 18.2 Å². The zero-order valence-corrected chi connectivity index (χ0v) is 10.2. The van der Waals surface area contributed by atoms with Gasteiger partial charge in [-0.05, 0) is 30.2 Å². The number of fused-ring (bicyclic) bond motifs is 1. The van der Waals surface area contributed by atoms with Crippen LogP contribution in [0.4, 0.5) is 0 Å². The molecule has 1 heterocycles. The molecule has 94 valence electrons. The molecule has 1 aromatic carbocycles. The smallest absolute Gasteiger partial charge is 0.161 e. The van der Waals surface area contributed by atoms with Crippen molar-refractivity contribution in [3.8, 4) is 11.5 Å². The fraction of sp³-hybridized carbons (Fsp3) is 0.538. The Kier molecular flexibility index (Phi) is 3.86. The first-order valence-corrected chi connectivity index (χ1v) is 6.07. The molecule has 0 amide bonds. The summed E-state index contributed by atoms with van der Waals surface area (Å²) in [4.78, 5) is 0. The van der Waals surface area contributed by atoms with Crippen molar-refractivity contribution in [2.45, 2.75) is 19.4 Å². The molecular formula is C13H20N2O2. The average molecular weight is 236 g/mol. The summed E-state index contributed by atoms with van der Waals surface area (Å²) in [6.45, 7) is 4.03. The maximum atomic E-state index is 6.14. The van der Waals surface area contributed by atoms with Crippen molar-refractivity contribution in [1.29, 1.82) is 0 Å². The van der Waals surface area contributed by atoms with Crippen LogP contribution in [0.2, 0.25) is 0 Å². The van der Waals surface area contributed by atoms with E-state index in [0.29, 0.717) is 19.8 Å². The van der Waals surface area contributed by atoms with Gasteiger partial charge in [0.2, 0.25) is 0 Å². The summed E-state index contributed by atoms with van der Waals surface area (Å²) >= 11 is 0. The van der Waals surface area contributed by atoms with Crippen molar-refractivity contribution in [3.63, 3.8) is 0 Å². The fourth-order valence-corrected chi connectivity index (χ4v) is 1.86. The van der Waals surface area contributed by atoms with Gasteiger partial charge in [-0.25, -0.2) is 0 Å². The number of hydrogen-bond donors (Lipinski definition) is 2. The van der Waals surface area contributed by atoms with Crippen molar-refractivity contribution in [2.24, 2.45) is 17.4 Å². The highest BCUT2D eigenvalue weighted by Crippen LogP contribution is 2.33.